The molecule has 2 aromatic carbocycles. The Bertz CT molecular complexity index is 1140. The summed E-state index contributed by atoms with van der Waals surface area (Å²) < 4.78 is 18.9. The van der Waals surface area contributed by atoms with Gasteiger partial charge in [-0.25, -0.2) is 9.37 Å². The number of halogens is 1. The monoisotopic (exact) mass is 488 g/mol. The van der Waals surface area contributed by atoms with Crippen molar-refractivity contribution in [2.75, 3.05) is 20.7 Å². The summed E-state index contributed by atoms with van der Waals surface area (Å²) in [6.45, 7) is 3.59. The van der Waals surface area contributed by atoms with Crippen LogP contribution in [0.3, 0.4) is 0 Å². The van der Waals surface area contributed by atoms with Crippen LogP contribution in [0.1, 0.15) is 29.9 Å². The Morgan fingerprint density at radius 1 is 1.15 bits per heavy atom. The van der Waals surface area contributed by atoms with Crippen molar-refractivity contribution in [3.05, 3.63) is 64.9 Å². The third-order valence-electron chi connectivity index (χ3n) is 4.80. The molecule has 1 N–H and O–H groups in total. The number of benzene rings is 2. The third-order valence-corrected chi connectivity index (χ3v) is 6.97. The summed E-state index contributed by atoms with van der Waals surface area (Å²) in [5.41, 5.74) is 2.80. The van der Waals surface area contributed by atoms with E-state index in [0.29, 0.717) is 28.7 Å². The number of carbonyl (C=O) groups excluding carboxylic acids is 1. The SMILES string of the molecule is CN(C)C(=O)c1cc(-c2ccc(F)cc2)ccc1OCCc1csc(SC(C)(C)C(=O)O)n1. The van der Waals surface area contributed by atoms with Crippen LogP contribution in [-0.4, -0.2) is 52.3 Å². The van der Waals surface area contributed by atoms with E-state index in [1.165, 1.54) is 40.1 Å². The molecule has 0 aliphatic heterocycles. The lowest BCUT2D eigenvalue weighted by molar-refractivity contribution is -0.138. The second kappa shape index (κ2) is 10.4. The molecular formula is C24H25FN2O4S2. The normalized spacial score (nSPS) is 11.3. The number of rotatable bonds is 9. The van der Waals surface area contributed by atoms with E-state index in [0.717, 1.165) is 16.8 Å². The minimum Gasteiger partial charge on any atom is -0.492 e. The van der Waals surface area contributed by atoms with Crippen molar-refractivity contribution in [3.63, 3.8) is 0 Å². The lowest BCUT2D eigenvalue weighted by Crippen LogP contribution is -2.26. The standard InChI is InChI=1S/C24H25FN2O4S2/c1-24(2,22(29)30)33-23-26-18(14-32-23)11-12-31-20-10-7-16(13-19(20)21(28)27(3)4)15-5-8-17(25)9-6-15/h5-10,13-14H,11-12H2,1-4H3,(H,29,30). The fraction of sp³-hybridized carbons (Fsp3) is 0.292. The molecule has 0 atom stereocenters. The first kappa shape index (κ1) is 24.7. The van der Waals surface area contributed by atoms with Gasteiger partial charge in [0.25, 0.3) is 5.91 Å². The molecule has 0 bridgehead atoms. The molecule has 6 nitrogen and oxygen atoms in total. The summed E-state index contributed by atoms with van der Waals surface area (Å²) in [7, 11) is 3.34. The highest BCUT2D eigenvalue weighted by molar-refractivity contribution is 8.03. The van der Waals surface area contributed by atoms with Crippen LogP contribution in [0.5, 0.6) is 5.75 Å². The fourth-order valence-electron chi connectivity index (χ4n) is 2.86. The summed E-state index contributed by atoms with van der Waals surface area (Å²) in [6, 6.07) is 11.4. The van der Waals surface area contributed by atoms with Gasteiger partial charge in [0.2, 0.25) is 0 Å². The van der Waals surface area contributed by atoms with Gasteiger partial charge in [-0.1, -0.05) is 30.0 Å². The summed E-state index contributed by atoms with van der Waals surface area (Å²) in [5, 5.41) is 11.2. The van der Waals surface area contributed by atoms with E-state index in [4.69, 9.17) is 4.74 Å². The Balaban J connectivity index is 1.72. The van der Waals surface area contributed by atoms with Gasteiger partial charge in [-0.2, -0.15) is 0 Å². The highest BCUT2D eigenvalue weighted by atomic mass is 32.2. The molecule has 0 saturated heterocycles. The minimum atomic E-state index is -0.959. The molecule has 3 aromatic rings. The van der Waals surface area contributed by atoms with Crippen LogP contribution in [0.15, 0.2) is 52.2 Å². The highest BCUT2D eigenvalue weighted by Crippen LogP contribution is 2.35. The van der Waals surface area contributed by atoms with Gasteiger partial charge in [0.1, 0.15) is 16.3 Å². The molecule has 174 valence electrons. The van der Waals surface area contributed by atoms with Crippen molar-refractivity contribution in [2.45, 2.75) is 29.4 Å². The second-order valence-corrected chi connectivity index (χ2v) is 10.8. The number of carbonyl (C=O) groups is 2. The zero-order valence-electron chi connectivity index (χ0n) is 18.8. The summed E-state index contributed by atoms with van der Waals surface area (Å²) in [6.07, 6.45) is 0.514. The zero-order chi connectivity index (χ0) is 24.2. The van der Waals surface area contributed by atoms with Crippen molar-refractivity contribution in [1.82, 2.24) is 9.88 Å². The van der Waals surface area contributed by atoms with Gasteiger partial charge < -0.3 is 14.7 Å². The predicted octanol–water partition coefficient (Wildman–Crippen LogP) is 5.23. The maximum atomic E-state index is 13.3. The molecule has 0 fully saturated rings. The van der Waals surface area contributed by atoms with Gasteiger partial charge in [0, 0.05) is 25.9 Å². The molecule has 9 heteroatoms. The number of aliphatic carboxylic acids is 1. The van der Waals surface area contributed by atoms with Crippen molar-refractivity contribution in [1.29, 1.82) is 0 Å². The largest absolute Gasteiger partial charge is 0.492 e. The van der Waals surface area contributed by atoms with Gasteiger partial charge >= 0.3 is 5.97 Å². The minimum absolute atomic E-state index is 0.197. The van der Waals surface area contributed by atoms with E-state index in [9.17, 15) is 19.1 Å². The van der Waals surface area contributed by atoms with Crippen LogP contribution < -0.4 is 4.74 Å². The Kier molecular flexibility index (Phi) is 7.76. The lowest BCUT2D eigenvalue weighted by atomic mass is 10.0. The number of hydrogen-bond acceptors (Lipinski definition) is 6. The number of nitrogens with zero attached hydrogens (tertiary/aromatic N) is 2. The molecule has 0 unspecified atom stereocenters. The van der Waals surface area contributed by atoms with Crippen molar-refractivity contribution < 1.29 is 23.8 Å². The number of carboxylic acids is 1. The van der Waals surface area contributed by atoms with Gasteiger partial charge in [-0.15, -0.1) is 11.3 Å². The van der Waals surface area contributed by atoms with Crippen LogP contribution in [0.4, 0.5) is 4.39 Å². The molecule has 0 spiro atoms. The van der Waals surface area contributed by atoms with E-state index >= 15 is 0 Å². The maximum absolute atomic E-state index is 13.3. The lowest BCUT2D eigenvalue weighted by Gasteiger charge is -2.16. The van der Waals surface area contributed by atoms with Gasteiger partial charge in [0.05, 0.1) is 17.9 Å². The molecule has 33 heavy (non-hydrogen) atoms. The molecule has 0 radical (unpaired) electrons. The van der Waals surface area contributed by atoms with E-state index in [1.807, 2.05) is 11.4 Å². The quantitative estimate of drug-likeness (QED) is 0.416. The van der Waals surface area contributed by atoms with Crippen LogP contribution in [0, 0.1) is 5.82 Å². The average Bonchev–Trinajstić information content (AvgIpc) is 3.20. The number of aromatic nitrogens is 1. The van der Waals surface area contributed by atoms with Crippen molar-refractivity contribution in [2.24, 2.45) is 0 Å². The average molecular weight is 489 g/mol. The molecule has 1 heterocycles. The molecule has 1 amide bonds. The predicted molar refractivity (Wildman–Crippen MR) is 129 cm³/mol. The topological polar surface area (TPSA) is 79.7 Å². The van der Waals surface area contributed by atoms with Gasteiger partial charge in [-0.3, -0.25) is 9.59 Å². The van der Waals surface area contributed by atoms with Gasteiger partial charge in [-0.05, 0) is 49.2 Å². The Morgan fingerprint density at radius 2 is 1.82 bits per heavy atom. The van der Waals surface area contributed by atoms with Crippen LogP contribution >= 0.6 is 23.1 Å². The number of amides is 1. The molecular weight excluding hydrogens is 463 g/mol. The van der Waals surface area contributed by atoms with Crippen molar-refractivity contribution in [3.8, 4) is 16.9 Å². The third kappa shape index (κ3) is 6.33. The number of thiazole rings is 1. The smallest absolute Gasteiger partial charge is 0.319 e. The molecule has 0 aliphatic rings. The molecule has 0 aliphatic carbocycles. The van der Waals surface area contributed by atoms with E-state index < -0.39 is 10.7 Å². The fourth-order valence-corrected chi connectivity index (χ4v) is 5.09. The summed E-state index contributed by atoms with van der Waals surface area (Å²) >= 11 is 2.61. The first-order valence-corrected chi connectivity index (χ1v) is 11.9. The zero-order valence-corrected chi connectivity index (χ0v) is 20.4. The van der Waals surface area contributed by atoms with E-state index in [2.05, 4.69) is 4.98 Å². The van der Waals surface area contributed by atoms with Crippen LogP contribution in [0.2, 0.25) is 0 Å². The Labute approximate surface area is 200 Å². The van der Waals surface area contributed by atoms with E-state index in [-0.39, 0.29) is 11.7 Å². The molecule has 1 aromatic heterocycles. The van der Waals surface area contributed by atoms with Gasteiger partial charge in [0.15, 0.2) is 4.34 Å². The van der Waals surface area contributed by atoms with E-state index in [1.54, 1.807) is 52.2 Å². The maximum Gasteiger partial charge on any atom is 0.319 e. The molecule has 0 saturated carbocycles. The number of carboxylic acid groups (broad SMARTS) is 1. The first-order valence-electron chi connectivity index (χ1n) is 10.2. The second-order valence-electron chi connectivity index (χ2n) is 8.04. The summed E-state index contributed by atoms with van der Waals surface area (Å²) in [4.78, 5) is 30.0. The Morgan fingerprint density at radius 3 is 2.45 bits per heavy atom. The number of thioether (sulfide) groups is 1. The first-order chi connectivity index (χ1) is 15.6. The molecule has 3 rings (SSSR count). The number of hydrogen-bond donors (Lipinski definition) is 1. The highest BCUT2D eigenvalue weighted by Gasteiger charge is 2.29. The van der Waals surface area contributed by atoms with Crippen LogP contribution in [0.25, 0.3) is 11.1 Å². The van der Waals surface area contributed by atoms with Crippen LogP contribution in [-0.2, 0) is 11.2 Å². The summed E-state index contributed by atoms with van der Waals surface area (Å²) in [5.74, 6) is -0.957. The Hall–Kier alpha value is -2.91. The van der Waals surface area contributed by atoms with Crippen molar-refractivity contribution >= 4 is 35.0 Å². The number of ether oxygens (including phenoxy) is 1.